The number of anilines is 1. The second-order valence-corrected chi connectivity index (χ2v) is 23.4. The van der Waals surface area contributed by atoms with E-state index in [1.54, 1.807) is 12.1 Å². The molecule has 2 aromatic rings. The van der Waals surface area contributed by atoms with E-state index < -0.39 is 90.0 Å². The fourth-order valence-corrected chi connectivity index (χ4v) is 11.1. The number of ether oxygens (including phenoxy) is 2. The van der Waals surface area contributed by atoms with Gasteiger partial charge in [-0.15, -0.1) is 0 Å². The smallest absolute Gasteiger partial charge is 0.294 e. The predicted octanol–water partition coefficient (Wildman–Crippen LogP) is 4.78. The van der Waals surface area contributed by atoms with E-state index in [1.165, 1.54) is 12.1 Å². The molecule has 69 heavy (non-hydrogen) atoms. The van der Waals surface area contributed by atoms with Crippen molar-refractivity contribution in [3.8, 4) is 0 Å². The lowest BCUT2D eigenvalue weighted by molar-refractivity contribution is -0.437. The predicted molar refractivity (Wildman–Crippen MR) is 259 cm³/mol. The molecule has 7 atom stereocenters. The van der Waals surface area contributed by atoms with Crippen molar-refractivity contribution in [1.29, 1.82) is 0 Å². The van der Waals surface area contributed by atoms with Crippen LogP contribution in [0, 0.1) is 5.92 Å². The molecule has 18 nitrogen and oxygen atoms in total. The highest BCUT2D eigenvalue weighted by atomic mass is 32.2. The topological polar surface area (TPSA) is 286 Å². The Hall–Kier alpha value is -3.71. The number of aliphatic hydroxyl groups excluding tert-OH is 4. The van der Waals surface area contributed by atoms with Gasteiger partial charge in [0.05, 0.1) is 28.4 Å². The lowest BCUT2D eigenvalue weighted by atomic mass is 9.77. The van der Waals surface area contributed by atoms with Crippen LogP contribution in [0.2, 0.25) is 0 Å². The van der Waals surface area contributed by atoms with E-state index in [0.717, 1.165) is 35.5 Å². The molecule has 21 heteroatoms. The Morgan fingerprint density at radius 2 is 1.52 bits per heavy atom. The average molecular weight is 1030 g/mol. The van der Waals surface area contributed by atoms with Crippen LogP contribution in [0.25, 0.3) is 0 Å². The molecule has 3 aliphatic rings. The number of fused-ring (bicyclic) bond motifs is 2. The molecule has 0 bridgehead atoms. The zero-order chi connectivity index (χ0) is 51.0. The molecule has 7 N–H and O–H groups in total. The molecule has 0 aromatic heterocycles. The quantitative estimate of drug-likeness (QED) is 0.0289. The Kier molecular flexibility index (Phi) is 19.3. The maximum atomic E-state index is 13.1. The summed E-state index contributed by atoms with van der Waals surface area (Å²) in [5.41, 5.74) is 3.53. The molecule has 1 saturated heterocycles. The molecule has 3 heterocycles. The third-order valence-corrected chi connectivity index (χ3v) is 15.9. The fourth-order valence-electron chi connectivity index (χ4n) is 9.56. The minimum Gasteiger partial charge on any atom is -0.394 e. The Bertz CT molecular complexity index is 2590. The number of aliphatic hydroxyl groups is 4. The third kappa shape index (κ3) is 14.5. The van der Waals surface area contributed by atoms with Gasteiger partial charge in [-0.3, -0.25) is 18.5 Å². The van der Waals surface area contributed by atoms with Crippen LogP contribution in [0.4, 0.5) is 11.4 Å². The molecular formula is C48H69N2O16S3+. The highest BCUT2D eigenvalue weighted by Crippen LogP contribution is 2.51. The molecule has 0 amide bonds. The number of para-hydroxylation sites is 1. The van der Waals surface area contributed by atoms with Crippen LogP contribution >= 0.6 is 0 Å². The van der Waals surface area contributed by atoms with E-state index in [0.29, 0.717) is 56.3 Å². The molecule has 3 aliphatic heterocycles. The zero-order valence-corrected chi connectivity index (χ0v) is 42.1. The van der Waals surface area contributed by atoms with Gasteiger partial charge in [0.1, 0.15) is 36.7 Å². The SMILES string of the molecule is CC(CCCCO[C@H]1O[C@H](CO)[C@@H](O)[C@H](O)[C@@H]1O)C(=O)CCCCCC1(C)\C(=C/C=C/C=C/C2=[N+](CCCS(=O)(=O)O)c3ccc(S(=O)(=O)O)cc3C2(C)C)N(CCCS(=O)(=O)O)c2ccccc21. The number of hydrogen-bond donors (Lipinski definition) is 7. The Labute approximate surface area is 406 Å². The van der Waals surface area contributed by atoms with Gasteiger partial charge in [0, 0.05) is 66.4 Å². The first kappa shape index (κ1) is 56.2. The number of ketones is 1. The average Bonchev–Trinajstić information content (AvgIpc) is 3.63. The zero-order valence-electron chi connectivity index (χ0n) is 39.6. The van der Waals surface area contributed by atoms with Crippen LogP contribution in [0.5, 0.6) is 0 Å². The molecular weight excluding hydrogens is 957 g/mol. The number of allylic oxidation sites excluding steroid dienone is 6. The number of unbranched alkanes of at least 4 members (excludes halogenated alkanes) is 3. The highest BCUT2D eigenvalue weighted by molar-refractivity contribution is 7.86. The highest BCUT2D eigenvalue weighted by Gasteiger charge is 2.46. The second-order valence-electron chi connectivity index (χ2n) is 18.9. The summed E-state index contributed by atoms with van der Waals surface area (Å²) in [4.78, 5) is 14.9. The van der Waals surface area contributed by atoms with Gasteiger partial charge < -0.3 is 34.8 Å². The van der Waals surface area contributed by atoms with Crippen LogP contribution in [-0.2, 0) is 55.5 Å². The first-order valence-corrected chi connectivity index (χ1v) is 28.0. The van der Waals surface area contributed by atoms with Gasteiger partial charge in [-0.1, -0.05) is 62.6 Å². The van der Waals surface area contributed by atoms with Gasteiger partial charge in [0.25, 0.3) is 30.4 Å². The van der Waals surface area contributed by atoms with Crippen molar-refractivity contribution in [2.45, 2.75) is 138 Å². The van der Waals surface area contributed by atoms with E-state index in [1.807, 2.05) is 67.8 Å². The van der Waals surface area contributed by atoms with Gasteiger partial charge in [-0.2, -0.15) is 29.8 Å². The van der Waals surface area contributed by atoms with E-state index in [4.69, 9.17) is 9.47 Å². The minimum atomic E-state index is -4.51. The number of Topliss-reactive ketones (excluding diaryl/α,β-unsaturated/α-hetero) is 1. The van der Waals surface area contributed by atoms with Crippen LogP contribution < -0.4 is 4.90 Å². The van der Waals surface area contributed by atoms with Gasteiger partial charge in [0.2, 0.25) is 5.69 Å². The molecule has 1 fully saturated rings. The number of carbonyl (C=O) groups excluding carboxylic acids is 1. The summed E-state index contributed by atoms with van der Waals surface area (Å²) in [6, 6.07) is 12.1. The van der Waals surface area contributed by atoms with Crippen LogP contribution in [0.1, 0.15) is 103 Å². The Morgan fingerprint density at radius 1 is 0.826 bits per heavy atom. The van der Waals surface area contributed by atoms with E-state index in [9.17, 15) is 64.1 Å². The summed E-state index contributed by atoms with van der Waals surface area (Å²) < 4.78 is 112. The number of carbonyl (C=O) groups is 1. The maximum absolute atomic E-state index is 13.1. The minimum absolute atomic E-state index is 0.0768. The van der Waals surface area contributed by atoms with Crippen molar-refractivity contribution in [2.24, 2.45) is 5.92 Å². The fraction of sp³-hybridized carbons (Fsp3) is 0.583. The molecule has 2 unspecified atom stereocenters. The lowest BCUT2D eigenvalue weighted by Gasteiger charge is -2.39. The van der Waals surface area contributed by atoms with Crippen molar-refractivity contribution in [3.63, 3.8) is 0 Å². The van der Waals surface area contributed by atoms with Gasteiger partial charge in [-0.05, 0) is 82.7 Å². The van der Waals surface area contributed by atoms with Crippen molar-refractivity contribution < 1.29 is 78.2 Å². The molecule has 5 rings (SSSR count). The number of benzene rings is 2. The summed E-state index contributed by atoms with van der Waals surface area (Å²) in [6.07, 6.45) is 8.07. The van der Waals surface area contributed by atoms with Gasteiger partial charge >= 0.3 is 0 Å². The van der Waals surface area contributed by atoms with Gasteiger partial charge in [-0.25, -0.2) is 0 Å². The lowest BCUT2D eigenvalue weighted by Crippen LogP contribution is -2.59. The molecule has 384 valence electrons. The summed E-state index contributed by atoms with van der Waals surface area (Å²) in [6.45, 7) is 7.94. The monoisotopic (exact) mass is 1030 g/mol. The van der Waals surface area contributed by atoms with Crippen molar-refractivity contribution in [3.05, 3.63) is 89.7 Å². The van der Waals surface area contributed by atoms with E-state index in [2.05, 4.69) is 17.9 Å². The van der Waals surface area contributed by atoms with Crippen molar-refractivity contribution >= 4 is 53.2 Å². The van der Waals surface area contributed by atoms with Crippen LogP contribution in [0.3, 0.4) is 0 Å². The molecule has 0 aliphatic carbocycles. The van der Waals surface area contributed by atoms with Crippen LogP contribution in [0.15, 0.2) is 83.4 Å². The summed E-state index contributed by atoms with van der Waals surface area (Å²) in [5, 5.41) is 39.5. The second kappa shape index (κ2) is 23.7. The van der Waals surface area contributed by atoms with Crippen LogP contribution in [-0.4, -0.2) is 144 Å². The number of hydrogen-bond acceptors (Lipinski definition) is 14. The third-order valence-electron chi connectivity index (χ3n) is 13.4. The molecule has 2 aromatic carbocycles. The van der Waals surface area contributed by atoms with E-state index >= 15 is 0 Å². The maximum Gasteiger partial charge on any atom is 0.294 e. The largest absolute Gasteiger partial charge is 0.394 e. The molecule has 0 saturated carbocycles. The Morgan fingerprint density at radius 3 is 2.20 bits per heavy atom. The first-order valence-electron chi connectivity index (χ1n) is 23.3. The van der Waals surface area contributed by atoms with Crippen molar-refractivity contribution in [1.82, 2.24) is 0 Å². The summed E-state index contributed by atoms with van der Waals surface area (Å²) in [7, 11) is -13.0. The normalized spacial score (nSPS) is 25.0. The van der Waals surface area contributed by atoms with E-state index in [-0.39, 0.29) is 42.6 Å². The number of rotatable bonds is 26. The Balaban J connectivity index is 1.26. The standard InChI is InChI=1S/C48H68N2O16S3/c1-33(17-12-14-28-65-46-45(55)44(54)43(53)40(32-51)66-46)39(52)20-7-6-13-25-48(4)35-18-10-11-19-37(35)50(27-16-30-68(59,60)61)42(48)22-9-5-8-21-41-47(2,3)36-31-34(69(62,63)64)23-24-38(36)49(41)26-15-29-67(56,57)58/h5,8-11,18-19,21-24,31,33,40,43-46,51,53-55H,6-7,12-17,20,25-30,32H2,1-4H3,(H2-,56,57,58,59,60,61,62,63,64)/p+1/t33?,40-,43-,44+,45+,46+,48?/m1/s1. The molecule has 0 radical (unpaired) electrons. The van der Waals surface area contributed by atoms with Crippen molar-refractivity contribution in [2.75, 3.05) is 42.7 Å². The summed E-state index contributed by atoms with van der Waals surface area (Å²) in [5.74, 6) is -0.924. The number of nitrogens with zero attached hydrogens (tertiary/aromatic N) is 2. The van der Waals surface area contributed by atoms with Gasteiger partial charge in [0.15, 0.2) is 12.0 Å². The first-order chi connectivity index (χ1) is 32.3. The summed E-state index contributed by atoms with van der Waals surface area (Å²) >= 11 is 0. The molecule has 0 spiro atoms.